The molecule has 0 amide bonds. The van der Waals surface area contributed by atoms with E-state index in [-0.39, 0.29) is 6.04 Å². The van der Waals surface area contributed by atoms with E-state index < -0.39 is 0 Å². The van der Waals surface area contributed by atoms with Gasteiger partial charge >= 0.3 is 0 Å². The number of aromatic nitrogens is 2. The van der Waals surface area contributed by atoms with Gasteiger partial charge in [0.2, 0.25) is 0 Å². The normalized spacial score (nSPS) is 14.4. The summed E-state index contributed by atoms with van der Waals surface area (Å²) in [5.41, 5.74) is 3.63. The highest BCUT2D eigenvalue weighted by Gasteiger charge is 2.23. The molecule has 0 saturated heterocycles. The number of methoxy groups -OCH3 is 3. The fourth-order valence-corrected chi connectivity index (χ4v) is 3.87. The first-order valence-electron chi connectivity index (χ1n) is 9.70. The molecule has 0 spiro atoms. The SMILES string of the molecule is COCC(C)NCc1cnc(SC)nc1N1CCc2cc(OC)c(OC)cc2C1. The van der Waals surface area contributed by atoms with E-state index in [1.165, 1.54) is 11.1 Å². The fourth-order valence-electron chi connectivity index (χ4n) is 3.54. The second kappa shape index (κ2) is 10.1. The van der Waals surface area contributed by atoms with E-state index in [9.17, 15) is 0 Å². The molecule has 2 heterocycles. The van der Waals surface area contributed by atoms with E-state index in [0.29, 0.717) is 13.2 Å². The van der Waals surface area contributed by atoms with Crippen LogP contribution in [0, 0.1) is 0 Å². The second-order valence-electron chi connectivity index (χ2n) is 7.09. The van der Waals surface area contributed by atoms with Crippen LogP contribution >= 0.6 is 11.8 Å². The molecule has 0 radical (unpaired) electrons. The first-order chi connectivity index (χ1) is 14.1. The van der Waals surface area contributed by atoms with Gasteiger partial charge < -0.3 is 24.4 Å². The van der Waals surface area contributed by atoms with Crippen molar-refractivity contribution in [2.45, 2.75) is 37.6 Å². The van der Waals surface area contributed by atoms with Crippen molar-refractivity contribution in [1.29, 1.82) is 0 Å². The number of hydrogen-bond acceptors (Lipinski definition) is 8. The molecular weight excluding hydrogens is 388 g/mol. The van der Waals surface area contributed by atoms with Crippen LogP contribution in [0.4, 0.5) is 5.82 Å². The predicted molar refractivity (Wildman–Crippen MR) is 116 cm³/mol. The predicted octanol–water partition coefficient (Wildman–Crippen LogP) is 2.90. The highest BCUT2D eigenvalue weighted by Crippen LogP contribution is 2.35. The number of nitrogens with one attached hydrogen (secondary N) is 1. The first kappa shape index (κ1) is 21.7. The van der Waals surface area contributed by atoms with Crippen LogP contribution in [0.2, 0.25) is 0 Å². The molecule has 2 aromatic rings. The molecular formula is C21H30N4O3S. The van der Waals surface area contributed by atoms with Crippen molar-refractivity contribution >= 4 is 17.6 Å². The van der Waals surface area contributed by atoms with Crippen LogP contribution in [0.1, 0.15) is 23.6 Å². The van der Waals surface area contributed by atoms with Gasteiger partial charge in [0.1, 0.15) is 5.82 Å². The minimum atomic E-state index is 0.256. The maximum absolute atomic E-state index is 5.50. The van der Waals surface area contributed by atoms with Crippen molar-refractivity contribution in [2.24, 2.45) is 0 Å². The summed E-state index contributed by atoms with van der Waals surface area (Å²) in [6.45, 7) is 5.15. The van der Waals surface area contributed by atoms with Gasteiger partial charge in [-0.1, -0.05) is 11.8 Å². The van der Waals surface area contributed by atoms with Gasteiger partial charge in [0.25, 0.3) is 0 Å². The van der Waals surface area contributed by atoms with Gasteiger partial charge in [-0.2, -0.15) is 0 Å². The minimum Gasteiger partial charge on any atom is -0.493 e. The fraction of sp³-hybridized carbons (Fsp3) is 0.524. The standard InChI is InChI=1S/C21H30N4O3S/c1-14(13-26-2)22-10-17-11-23-21(29-5)24-20(17)25-7-6-15-8-18(27-3)19(28-4)9-16(15)12-25/h8-9,11,14,22H,6-7,10,12-13H2,1-5H3. The third-order valence-corrected chi connectivity index (χ3v) is 5.64. The Morgan fingerprint density at radius 3 is 2.55 bits per heavy atom. The highest BCUT2D eigenvalue weighted by molar-refractivity contribution is 7.98. The monoisotopic (exact) mass is 418 g/mol. The zero-order chi connectivity index (χ0) is 20.8. The number of benzene rings is 1. The van der Waals surface area contributed by atoms with Gasteiger partial charge in [-0.3, -0.25) is 0 Å². The Bertz CT molecular complexity index is 834. The Kier molecular flexibility index (Phi) is 7.57. The molecule has 0 saturated carbocycles. The first-order valence-corrected chi connectivity index (χ1v) is 10.9. The lowest BCUT2D eigenvalue weighted by atomic mass is 9.98. The van der Waals surface area contributed by atoms with Crippen LogP contribution in [0.3, 0.4) is 0 Å². The zero-order valence-corrected chi connectivity index (χ0v) is 18.6. The molecule has 8 heteroatoms. The lowest BCUT2D eigenvalue weighted by Gasteiger charge is -2.32. The number of rotatable bonds is 9. The van der Waals surface area contributed by atoms with Crippen molar-refractivity contribution in [1.82, 2.24) is 15.3 Å². The molecule has 29 heavy (non-hydrogen) atoms. The van der Waals surface area contributed by atoms with Gasteiger partial charge in [-0.25, -0.2) is 9.97 Å². The van der Waals surface area contributed by atoms with E-state index >= 15 is 0 Å². The molecule has 0 aliphatic carbocycles. The van der Waals surface area contributed by atoms with Gasteiger partial charge in [0.15, 0.2) is 16.7 Å². The number of nitrogens with zero attached hydrogens (tertiary/aromatic N) is 3. The highest BCUT2D eigenvalue weighted by atomic mass is 32.2. The summed E-state index contributed by atoms with van der Waals surface area (Å²) in [6.07, 6.45) is 4.87. The van der Waals surface area contributed by atoms with E-state index in [2.05, 4.69) is 34.3 Å². The molecule has 0 bridgehead atoms. The van der Waals surface area contributed by atoms with Crippen LogP contribution in [-0.2, 0) is 24.2 Å². The van der Waals surface area contributed by atoms with Crippen LogP contribution in [0.15, 0.2) is 23.5 Å². The topological polar surface area (TPSA) is 68.7 Å². The molecule has 1 aromatic heterocycles. The number of ether oxygens (including phenoxy) is 3. The number of anilines is 1. The molecule has 1 atom stereocenters. The van der Waals surface area contributed by atoms with E-state index in [1.807, 2.05) is 12.5 Å². The van der Waals surface area contributed by atoms with E-state index in [0.717, 1.165) is 47.5 Å². The number of hydrogen-bond donors (Lipinski definition) is 1. The molecule has 1 N–H and O–H groups in total. The Hall–Kier alpha value is -2.03. The molecule has 1 unspecified atom stereocenters. The van der Waals surface area contributed by atoms with Gasteiger partial charge in [0.05, 0.1) is 20.8 Å². The average molecular weight is 419 g/mol. The van der Waals surface area contributed by atoms with Crippen molar-refractivity contribution in [2.75, 3.05) is 45.6 Å². The molecule has 1 aliphatic heterocycles. The summed E-state index contributed by atoms with van der Waals surface area (Å²) < 4.78 is 16.2. The summed E-state index contributed by atoms with van der Waals surface area (Å²) in [6, 6.07) is 4.43. The van der Waals surface area contributed by atoms with Crippen molar-refractivity contribution < 1.29 is 14.2 Å². The van der Waals surface area contributed by atoms with Crippen molar-refractivity contribution in [3.05, 3.63) is 35.0 Å². The Labute approximate surface area is 177 Å². The third-order valence-electron chi connectivity index (χ3n) is 5.08. The largest absolute Gasteiger partial charge is 0.493 e. The zero-order valence-electron chi connectivity index (χ0n) is 17.8. The average Bonchev–Trinajstić information content (AvgIpc) is 2.76. The summed E-state index contributed by atoms with van der Waals surface area (Å²) in [4.78, 5) is 11.7. The summed E-state index contributed by atoms with van der Waals surface area (Å²) in [7, 11) is 5.06. The maximum Gasteiger partial charge on any atom is 0.189 e. The lowest BCUT2D eigenvalue weighted by molar-refractivity contribution is 0.171. The van der Waals surface area contributed by atoms with Crippen LogP contribution in [0.5, 0.6) is 11.5 Å². The summed E-state index contributed by atoms with van der Waals surface area (Å²) in [5, 5.41) is 4.28. The third kappa shape index (κ3) is 5.12. The van der Waals surface area contributed by atoms with Crippen LogP contribution < -0.4 is 19.7 Å². The molecule has 1 aliphatic rings. The van der Waals surface area contributed by atoms with Crippen molar-refractivity contribution in [3.8, 4) is 11.5 Å². The number of fused-ring (bicyclic) bond motifs is 1. The Morgan fingerprint density at radius 1 is 1.17 bits per heavy atom. The van der Waals surface area contributed by atoms with Crippen LogP contribution in [0.25, 0.3) is 0 Å². The van der Waals surface area contributed by atoms with Crippen molar-refractivity contribution in [3.63, 3.8) is 0 Å². The quantitative estimate of drug-likeness (QED) is 0.492. The number of thioether (sulfide) groups is 1. The van der Waals surface area contributed by atoms with E-state index in [4.69, 9.17) is 19.2 Å². The maximum atomic E-state index is 5.50. The van der Waals surface area contributed by atoms with Crippen LogP contribution in [-0.4, -0.2) is 56.7 Å². The summed E-state index contributed by atoms with van der Waals surface area (Å²) in [5.74, 6) is 2.53. The molecule has 158 valence electrons. The second-order valence-corrected chi connectivity index (χ2v) is 7.86. The van der Waals surface area contributed by atoms with E-state index in [1.54, 1.807) is 33.1 Å². The van der Waals surface area contributed by atoms with Gasteiger partial charge in [-0.05, 0) is 42.9 Å². The Balaban J connectivity index is 1.86. The molecule has 7 nitrogen and oxygen atoms in total. The lowest BCUT2D eigenvalue weighted by Crippen LogP contribution is -2.34. The molecule has 0 fully saturated rings. The molecule has 1 aromatic carbocycles. The summed E-state index contributed by atoms with van der Waals surface area (Å²) >= 11 is 1.56. The Morgan fingerprint density at radius 2 is 1.90 bits per heavy atom. The smallest absolute Gasteiger partial charge is 0.189 e. The van der Waals surface area contributed by atoms with Gasteiger partial charge in [-0.15, -0.1) is 0 Å². The van der Waals surface area contributed by atoms with Gasteiger partial charge in [0, 0.05) is 44.5 Å². The minimum absolute atomic E-state index is 0.256. The molecule has 3 rings (SSSR count).